The average molecular weight is 338 g/mol. The minimum atomic E-state index is -0.379. The monoisotopic (exact) mass is 337 g/mol. The Hall–Kier alpha value is -1.82. The number of halogens is 1. The lowest BCUT2D eigenvalue weighted by Gasteiger charge is -2.08. The number of benzene rings is 1. The van der Waals surface area contributed by atoms with Crippen LogP contribution in [0.4, 0.5) is 11.4 Å². The smallest absolute Gasteiger partial charge is 0.293 e. The molecule has 0 spiro atoms. The molecule has 1 aromatic heterocycles. The molecule has 5 nitrogen and oxygen atoms in total. The van der Waals surface area contributed by atoms with Gasteiger partial charge in [0, 0.05) is 35.5 Å². The minimum Gasteiger partial charge on any atom is -0.375 e. The maximum atomic E-state index is 11.1. The zero-order valence-corrected chi connectivity index (χ0v) is 13.2. The van der Waals surface area contributed by atoms with Gasteiger partial charge in [-0.25, -0.2) is 0 Å². The second-order valence-electron chi connectivity index (χ2n) is 4.73. The van der Waals surface area contributed by atoms with E-state index < -0.39 is 0 Å². The van der Waals surface area contributed by atoms with Gasteiger partial charge >= 0.3 is 0 Å². The Morgan fingerprint density at radius 2 is 2.05 bits per heavy atom. The molecule has 106 valence electrons. The summed E-state index contributed by atoms with van der Waals surface area (Å²) >= 11 is 3.25. The average Bonchev–Trinajstić information content (AvgIpc) is 2.64. The Balaban J connectivity index is 2.23. The highest BCUT2D eigenvalue weighted by Gasteiger charge is 2.14. The van der Waals surface area contributed by atoms with Crippen LogP contribution in [0.1, 0.15) is 17.0 Å². The highest BCUT2D eigenvalue weighted by Crippen LogP contribution is 2.28. The fraction of sp³-hybridized carbons (Fsp3) is 0.286. The Labute approximate surface area is 125 Å². The standard InChI is InChI=1S/C14H16BrN3O2/c1-9-6-11(10(2)17(9)3)8-16-13-5-4-12(15)7-14(13)18(19)20/h4-7,16H,8H2,1-3H3. The van der Waals surface area contributed by atoms with Gasteiger partial charge in [-0.2, -0.15) is 0 Å². The van der Waals surface area contributed by atoms with Crippen molar-refractivity contribution in [2.75, 3.05) is 5.32 Å². The molecule has 0 aliphatic heterocycles. The normalized spacial score (nSPS) is 10.6. The molecule has 6 heteroatoms. The molecule has 20 heavy (non-hydrogen) atoms. The van der Waals surface area contributed by atoms with Crippen LogP contribution < -0.4 is 5.32 Å². The quantitative estimate of drug-likeness (QED) is 0.679. The molecule has 2 rings (SSSR count). The van der Waals surface area contributed by atoms with E-state index in [1.165, 1.54) is 11.8 Å². The number of aromatic nitrogens is 1. The van der Waals surface area contributed by atoms with Gasteiger partial charge in [0.1, 0.15) is 5.69 Å². The van der Waals surface area contributed by atoms with E-state index in [1.807, 2.05) is 20.9 Å². The van der Waals surface area contributed by atoms with Crippen molar-refractivity contribution in [1.29, 1.82) is 0 Å². The number of hydrogen-bond donors (Lipinski definition) is 1. The zero-order valence-electron chi connectivity index (χ0n) is 11.6. The molecular formula is C14H16BrN3O2. The Bertz CT molecular complexity index is 665. The minimum absolute atomic E-state index is 0.0738. The van der Waals surface area contributed by atoms with Gasteiger partial charge < -0.3 is 9.88 Å². The number of anilines is 1. The fourth-order valence-corrected chi connectivity index (χ4v) is 2.46. The van der Waals surface area contributed by atoms with E-state index in [0.717, 1.165) is 11.3 Å². The number of nitrogens with zero attached hydrogens (tertiary/aromatic N) is 2. The predicted octanol–water partition coefficient (Wildman–Crippen LogP) is 3.92. The van der Waals surface area contributed by atoms with Crippen LogP contribution in [0.25, 0.3) is 0 Å². The zero-order chi connectivity index (χ0) is 14.9. The van der Waals surface area contributed by atoms with Crippen molar-refractivity contribution in [3.05, 3.63) is 55.8 Å². The van der Waals surface area contributed by atoms with Crippen LogP contribution in [0, 0.1) is 24.0 Å². The molecular weight excluding hydrogens is 322 g/mol. The second-order valence-corrected chi connectivity index (χ2v) is 5.64. The van der Waals surface area contributed by atoms with Gasteiger partial charge in [-0.1, -0.05) is 15.9 Å². The number of aryl methyl sites for hydroxylation is 1. The fourth-order valence-electron chi connectivity index (χ4n) is 2.11. The first-order chi connectivity index (χ1) is 9.40. The van der Waals surface area contributed by atoms with Crippen LogP contribution in [0.2, 0.25) is 0 Å². The van der Waals surface area contributed by atoms with E-state index in [4.69, 9.17) is 0 Å². The maximum Gasteiger partial charge on any atom is 0.293 e. The number of nitrogens with one attached hydrogen (secondary N) is 1. The van der Waals surface area contributed by atoms with Crippen LogP contribution in [-0.4, -0.2) is 9.49 Å². The van der Waals surface area contributed by atoms with Gasteiger partial charge in [-0.15, -0.1) is 0 Å². The van der Waals surface area contributed by atoms with E-state index >= 15 is 0 Å². The van der Waals surface area contributed by atoms with E-state index in [2.05, 4.69) is 31.9 Å². The molecule has 2 aromatic rings. The van der Waals surface area contributed by atoms with Crippen LogP contribution in [-0.2, 0) is 13.6 Å². The second kappa shape index (κ2) is 5.66. The van der Waals surface area contributed by atoms with Gasteiger partial charge in [0.15, 0.2) is 0 Å². The summed E-state index contributed by atoms with van der Waals surface area (Å²) in [4.78, 5) is 10.7. The van der Waals surface area contributed by atoms with E-state index in [9.17, 15) is 10.1 Å². The summed E-state index contributed by atoms with van der Waals surface area (Å²) in [5, 5.41) is 14.2. The molecule has 1 N–H and O–H groups in total. The maximum absolute atomic E-state index is 11.1. The summed E-state index contributed by atoms with van der Waals surface area (Å²) in [6.45, 7) is 4.65. The van der Waals surface area contributed by atoms with Crippen molar-refractivity contribution in [2.24, 2.45) is 7.05 Å². The summed E-state index contributed by atoms with van der Waals surface area (Å²) in [6.07, 6.45) is 0. The van der Waals surface area contributed by atoms with Gasteiger partial charge in [0.2, 0.25) is 0 Å². The van der Waals surface area contributed by atoms with Gasteiger partial charge in [0.05, 0.1) is 4.92 Å². The van der Waals surface area contributed by atoms with Crippen molar-refractivity contribution < 1.29 is 4.92 Å². The largest absolute Gasteiger partial charge is 0.375 e. The molecule has 0 radical (unpaired) electrons. The molecule has 1 aromatic carbocycles. The van der Waals surface area contributed by atoms with Gasteiger partial charge in [-0.3, -0.25) is 10.1 Å². The Kier molecular flexibility index (Phi) is 4.13. The third-order valence-corrected chi connectivity index (χ3v) is 4.00. The lowest BCUT2D eigenvalue weighted by molar-refractivity contribution is -0.384. The molecule has 0 unspecified atom stereocenters. The molecule has 0 saturated heterocycles. The third kappa shape index (κ3) is 2.85. The highest BCUT2D eigenvalue weighted by molar-refractivity contribution is 9.10. The first kappa shape index (κ1) is 14.6. The molecule has 0 amide bonds. The van der Waals surface area contributed by atoms with Crippen molar-refractivity contribution in [1.82, 2.24) is 4.57 Å². The first-order valence-electron chi connectivity index (χ1n) is 6.19. The number of nitro benzene ring substituents is 1. The topological polar surface area (TPSA) is 60.1 Å². The lowest BCUT2D eigenvalue weighted by atomic mass is 10.2. The summed E-state index contributed by atoms with van der Waals surface area (Å²) in [5.41, 5.74) is 4.07. The molecule has 1 heterocycles. The van der Waals surface area contributed by atoms with Crippen molar-refractivity contribution >= 4 is 27.3 Å². The van der Waals surface area contributed by atoms with Crippen molar-refractivity contribution in [3.8, 4) is 0 Å². The Morgan fingerprint density at radius 1 is 1.35 bits per heavy atom. The number of nitro groups is 1. The van der Waals surface area contributed by atoms with E-state index in [1.54, 1.807) is 12.1 Å². The SMILES string of the molecule is Cc1cc(CNc2ccc(Br)cc2[N+](=O)[O-])c(C)n1C. The summed E-state index contributed by atoms with van der Waals surface area (Å²) < 4.78 is 2.80. The van der Waals surface area contributed by atoms with E-state index in [0.29, 0.717) is 16.7 Å². The Morgan fingerprint density at radius 3 is 2.60 bits per heavy atom. The predicted molar refractivity (Wildman–Crippen MR) is 83.0 cm³/mol. The van der Waals surface area contributed by atoms with Crippen LogP contribution in [0.5, 0.6) is 0 Å². The molecule has 0 fully saturated rings. The van der Waals surface area contributed by atoms with Crippen LogP contribution in [0.3, 0.4) is 0 Å². The first-order valence-corrected chi connectivity index (χ1v) is 6.99. The number of hydrogen-bond acceptors (Lipinski definition) is 3. The highest BCUT2D eigenvalue weighted by atomic mass is 79.9. The third-order valence-electron chi connectivity index (χ3n) is 3.51. The lowest BCUT2D eigenvalue weighted by Crippen LogP contribution is -2.04. The summed E-state index contributed by atoms with van der Waals surface area (Å²) in [7, 11) is 2.01. The molecule has 0 aliphatic carbocycles. The van der Waals surface area contributed by atoms with Crippen molar-refractivity contribution in [3.63, 3.8) is 0 Å². The van der Waals surface area contributed by atoms with Gasteiger partial charge in [0.25, 0.3) is 5.69 Å². The molecule has 0 bridgehead atoms. The summed E-state index contributed by atoms with van der Waals surface area (Å²) in [5.74, 6) is 0. The van der Waals surface area contributed by atoms with Gasteiger partial charge in [-0.05, 0) is 37.6 Å². The molecule has 0 saturated carbocycles. The summed E-state index contributed by atoms with van der Waals surface area (Å²) in [6, 6.07) is 7.10. The molecule has 0 atom stereocenters. The molecule has 0 aliphatic rings. The van der Waals surface area contributed by atoms with Crippen LogP contribution >= 0.6 is 15.9 Å². The van der Waals surface area contributed by atoms with Crippen LogP contribution in [0.15, 0.2) is 28.7 Å². The number of rotatable bonds is 4. The van der Waals surface area contributed by atoms with Crippen molar-refractivity contribution in [2.45, 2.75) is 20.4 Å². The van der Waals surface area contributed by atoms with E-state index in [-0.39, 0.29) is 10.6 Å².